The summed E-state index contributed by atoms with van der Waals surface area (Å²) in [7, 11) is 1.65. The van der Waals surface area contributed by atoms with Gasteiger partial charge in [0.2, 0.25) is 0 Å². The van der Waals surface area contributed by atoms with E-state index in [4.69, 9.17) is 4.74 Å². The number of aliphatic hydroxyl groups is 1. The molecule has 0 unspecified atom stereocenters. The summed E-state index contributed by atoms with van der Waals surface area (Å²) >= 11 is 0. The first-order valence-electron chi connectivity index (χ1n) is 6.34. The van der Waals surface area contributed by atoms with Crippen molar-refractivity contribution in [1.29, 1.82) is 0 Å². The normalized spacial score (nSPS) is 17.9. The molecule has 1 aliphatic rings. The molecule has 0 aromatic heterocycles. The topological polar surface area (TPSA) is 32.7 Å². The van der Waals surface area contributed by atoms with Crippen molar-refractivity contribution in [3.63, 3.8) is 0 Å². The van der Waals surface area contributed by atoms with Crippen LogP contribution in [0.1, 0.15) is 37.9 Å². The van der Waals surface area contributed by atoms with Gasteiger partial charge in [0.15, 0.2) is 0 Å². The van der Waals surface area contributed by atoms with Crippen molar-refractivity contribution in [2.75, 3.05) is 25.1 Å². The Morgan fingerprint density at radius 1 is 1.24 bits per heavy atom. The summed E-state index contributed by atoms with van der Waals surface area (Å²) in [6.07, 6.45) is 3.28. The predicted molar refractivity (Wildman–Crippen MR) is 69.7 cm³/mol. The Balaban J connectivity index is 2.37. The number of rotatable bonds is 3. The summed E-state index contributed by atoms with van der Waals surface area (Å²) in [6, 6.07) is 5.99. The van der Waals surface area contributed by atoms with Gasteiger partial charge in [-0.1, -0.05) is 6.07 Å². The number of ether oxygens (including phenoxy) is 1. The number of anilines is 1. The number of aliphatic hydroxyl groups excluding tert-OH is 1. The Morgan fingerprint density at radius 3 is 2.53 bits per heavy atom. The van der Waals surface area contributed by atoms with Gasteiger partial charge in [-0.2, -0.15) is 0 Å². The highest BCUT2D eigenvalue weighted by atomic mass is 16.5. The fraction of sp³-hybridized carbons (Fsp3) is 0.571. The van der Waals surface area contributed by atoms with Gasteiger partial charge in [0, 0.05) is 24.3 Å². The lowest BCUT2D eigenvalue weighted by molar-refractivity contribution is 0.194. The Labute approximate surface area is 103 Å². The summed E-state index contributed by atoms with van der Waals surface area (Å²) in [5.74, 6) is 0.781. The smallest absolute Gasteiger partial charge is 0.126 e. The van der Waals surface area contributed by atoms with Gasteiger partial charge in [0.1, 0.15) is 5.75 Å². The Kier molecular flexibility index (Phi) is 3.89. The number of hydrogen-bond donors (Lipinski definition) is 1. The summed E-state index contributed by atoms with van der Waals surface area (Å²) < 4.78 is 5.35. The second-order valence-corrected chi connectivity index (χ2v) is 4.62. The van der Waals surface area contributed by atoms with Crippen molar-refractivity contribution in [1.82, 2.24) is 0 Å². The van der Waals surface area contributed by atoms with Crippen molar-refractivity contribution in [3.8, 4) is 5.75 Å². The van der Waals surface area contributed by atoms with Gasteiger partial charge in [0.05, 0.1) is 13.2 Å². The molecule has 1 saturated heterocycles. The van der Waals surface area contributed by atoms with Crippen molar-refractivity contribution < 1.29 is 9.84 Å². The second kappa shape index (κ2) is 5.41. The maximum Gasteiger partial charge on any atom is 0.126 e. The first-order chi connectivity index (χ1) is 8.24. The van der Waals surface area contributed by atoms with Crippen molar-refractivity contribution in [2.45, 2.75) is 32.3 Å². The van der Waals surface area contributed by atoms with Crippen LogP contribution in [0.25, 0.3) is 0 Å². The minimum absolute atomic E-state index is 0.497. The Morgan fingerprint density at radius 2 is 1.94 bits per heavy atom. The highest BCUT2D eigenvalue weighted by molar-refractivity contribution is 5.60. The fourth-order valence-corrected chi connectivity index (χ4v) is 2.54. The van der Waals surface area contributed by atoms with E-state index >= 15 is 0 Å². The maximum absolute atomic E-state index is 9.94. The zero-order valence-corrected chi connectivity index (χ0v) is 10.6. The third kappa shape index (κ3) is 2.55. The molecule has 1 aliphatic heterocycles. The molecule has 3 nitrogen and oxygen atoms in total. The highest BCUT2D eigenvalue weighted by Gasteiger charge is 2.19. The third-order valence-corrected chi connectivity index (χ3v) is 3.38. The third-order valence-electron chi connectivity index (χ3n) is 3.38. The predicted octanol–water partition coefficient (Wildman–Crippen LogP) is 2.74. The van der Waals surface area contributed by atoms with E-state index in [2.05, 4.69) is 11.0 Å². The molecule has 1 heterocycles. The summed E-state index contributed by atoms with van der Waals surface area (Å²) in [6.45, 7) is 3.95. The minimum atomic E-state index is -0.497. The van der Waals surface area contributed by atoms with Gasteiger partial charge in [0.25, 0.3) is 0 Å². The van der Waals surface area contributed by atoms with Gasteiger partial charge >= 0.3 is 0 Å². The van der Waals surface area contributed by atoms with E-state index in [9.17, 15) is 5.11 Å². The Bertz CT molecular complexity index is 370. The van der Waals surface area contributed by atoms with E-state index in [1.807, 2.05) is 12.1 Å². The first-order valence-corrected chi connectivity index (χ1v) is 6.34. The van der Waals surface area contributed by atoms with Crippen LogP contribution in [0.3, 0.4) is 0 Å². The largest absolute Gasteiger partial charge is 0.496 e. The molecule has 0 amide bonds. The van der Waals surface area contributed by atoms with Crippen LogP contribution >= 0.6 is 0 Å². The van der Waals surface area contributed by atoms with E-state index in [-0.39, 0.29) is 0 Å². The molecule has 0 spiro atoms. The van der Waals surface area contributed by atoms with E-state index in [1.54, 1.807) is 14.0 Å². The van der Waals surface area contributed by atoms with Crippen LogP contribution in [0.4, 0.5) is 5.69 Å². The van der Waals surface area contributed by atoms with Gasteiger partial charge < -0.3 is 14.7 Å². The molecule has 0 aliphatic carbocycles. The van der Waals surface area contributed by atoms with Crippen LogP contribution < -0.4 is 9.64 Å². The average molecular weight is 235 g/mol. The van der Waals surface area contributed by atoms with Crippen LogP contribution in [0.5, 0.6) is 5.75 Å². The zero-order valence-electron chi connectivity index (χ0n) is 10.6. The molecule has 1 N–H and O–H groups in total. The number of benzene rings is 1. The lowest BCUT2D eigenvalue weighted by Crippen LogP contribution is -2.30. The summed E-state index contributed by atoms with van der Waals surface area (Å²) in [5, 5.41) is 9.94. The molecular weight excluding hydrogens is 214 g/mol. The van der Waals surface area contributed by atoms with Crippen LogP contribution in [-0.4, -0.2) is 25.3 Å². The molecule has 94 valence electrons. The van der Waals surface area contributed by atoms with E-state index in [0.717, 1.165) is 30.1 Å². The Hall–Kier alpha value is -1.22. The lowest BCUT2D eigenvalue weighted by atomic mass is 10.0. The van der Waals surface area contributed by atoms with Gasteiger partial charge in [-0.15, -0.1) is 0 Å². The number of hydrogen-bond acceptors (Lipinski definition) is 3. The second-order valence-electron chi connectivity index (χ2n) is 4.62. The van der Waals surface area contributed by atoms with Gasteiger partial charge in [-0.25, -0.2) is 0 Å². The molecule has 0 bridgehead atoms. The lowest BCUT2D eigenvalue weighted by Gasteiger charge is -2.31. The van der Waals surface area contributed by atoms with Crippen molar-refractivity contribution >= 4 is 5.69 Å². The van der Waals surface area contributed by atoms with E-state index < -0.39 is 6.10 Å². The van der Waals surface area contributed by atoms with Crippen LogP contribution in [0.2, 0.25) is 0 Å². The molecule has 2 rings (SSSR count). The highest BCUT2D eigenvalue weighted by Crippen LogP contribution is 2.35. The standard InChI is InChI=1S/C14H21NO2/c1-11(16)14-12(7-6-8-13(14)17-2)15-9-4-3-5-10-15/h6-8,11,16H,3-5,9-10H2,1-2H3/t11-/m1/s1. The van der Waals surface area contributed by atoms with Crippen LogP contribution in [0, 0.1) is 0 Å². The molecule has 3 heteroatoms. The fourth-order valence-electron chi connectivity index (χ4n) is 2.54. The van der Waals surface area contributed by atoms with Crippen LogP contribution in [0.15, 0.2) is 18.2 Å². The molecule has 1 fully saturated rings. The number of nitrogens with zero attached hydrogens (tertiary/aromatic N) is 1. The van der Waals surface area contributed by atoms with Crippen LogP contribution in [-0.2, 0) is 0 Å². The monoisotopic (exact) mass is 235 g/mol. The quantitative estimate of drug-likeness (QED) is 0.874. The zero-order chi connectivity index (χ0) is 12.3. The molecule has 17 heavy (non-hydrogen) atoms. The summed E-state index contributed by atoms with van der Waals surface area (Å²) in [4.78, 5) is 2.36. The SMILES string of the molecule is COc1cccc(N2CCCCC2)c1[C@@H](C)O. The van der Waals surface area contributed by atoms with Crippen molar-refractivity contribution in [3.05, 3.63) is 23.8 Å². The number of piperidine rings is 1. The molecular formula is C14H21NO2. The minimum Gasteiger partial charge on any atom is -0.496 e. The van der Waals surface area contributed by atoms with E-state index in [0.29, 0.717) is 0 Å². The number of methoxy groups -OCH3 is 1. The molecule has 1 atom stereocenters. The first kappa shape index (κ1) is 12.2. The van der Waals surface area contributed by atoms with Crippen molar-refractivity contribution in [2.24, 2.45) is 0 Å². The summed E-state index contributed by atoms with van der Waals surface area (Å²) in [5.41, 5.74) is 2.04. The molecule has 0 radical (unpaired) electrons. The molecule has 1 aromatic rings. The average Bonchev–Trinajstić information content (AvgIpc) is 2.38. The van der Waals surface area contributed by atoms with Gasteiger partial charge in [-0.3, -0.25) is 0 Å². The molecule has 0 saturated carbocycles. The maximum atomic E-state index is 9.94. The van der Waals surface area contributed by atoms with Gasteiger partial charge in [-0.05, 0) is 38.3 Å². The molecule has 1 aromatic carbocycles. The van der Waals surface area contributed by atoms with E-state index in [1.165, 1.54) is 19.3 Å².